The number of amides is 2. The van der Waals surface area contributed by atoms with Crippen LogP contribution in [0.2, 0.25) is 0 Å². The molecule has 2 atom stereocenters. The molecule has 5 nitrogen and oxygen atoms in total. The van der Waals surface area contributed by atoms with Gasteiger partial charge in [-0.05, 0) is 26.7 Å². The Bertz CT molecular complexity index is 174. The van der Waals surface area contributed by atoms with Crippen LogP contribution in [0.3, 0.4) is 0 Å². The molecule has 5 heteroatoms. The summed E-state index contributed by atoms with van der Waals surface area (Å²) in [6.07, 6.45) is 0.983. The zero-order valence-corrected chi connectivity index (χ0v) is 9.75. The first-order valence-corrected chi connectivity index (χ1v) is 5.27. The van der Waals surface area contributed by atoms with E-state index in [1.54, 1.807) is 14.0 Å². The summed E-state index contributed by atoms with van der Waals surface area (Å²) in [4.78, 5) is 11.3. The highest BCUT2D eigenvalue weighted by atomic mass is 16.5. The molecule has 0 spiro atoms. The highest BCUT2D eigenvalue weighted by Gasteiger charge is 2.06. The predicted molar refractivity (Wildman–Crippen MR) is 58.8 cm³/mol. The van der Waals surface area contributed by atoms with Crippen molar-refractivity contribution in [3.8, 4) is 0 Å². The number of carbonyl (C=O) groups is 1. The average molecular weight is 218 g/mol. The first-order chi connectivity index (χ1) is 7.06. The van der Waals surface area contributed by atoms with E-state index in [0.29, 0.717) is 19.6 Å². The van der Waals surface area contributed by atoms with Crippen LogP contribution >= 0.6 is 0 Å². The van der Waals surface area contributed by atoms with Gasteiger partial charge in [-0.3, -0.25) is 0 Å². The van der Waals surface area contributed by atoms with E-state index >= 15 is 0 Å². The quantitative estimate of drug-likeness (QED) is 0.582. The number of nitrogens with one attached hydrogen (secondary N) is 2. The van der Waals surface area contributed by atoms with Crippen molar-refractivity contribution < 1.29 is 14.6 Å². The van der Waals surface area contributed by atoms with Gasteiger partial charge in [-0.15, -0.1) is 0 Å². The molecule has 2 unspecified atom stereocenters. The Labute approximate surface area is 91.2 Å². The van der Waals surface area contributed by atoms with E-state index < -0.39 is 0 Å². The van der Waals surface area contributed by atoms with Crippen molar-refractivity contribution in [1.29, 1.82) is 0 Å². The van der Waals surface area contributed by atoms with Crippen LogP contribution in [0.15, 0.2) is 0 Å². The van der Waals surface area contributed by atoms with Crippen molar-refractivity contribution in [2.75, 3.05) is 20.3 Å². The lowest BCUT2D eigenvalue weighted by Gasteiger charge is -2.14. The minimum Gasteiger partial charge on any atom is -0.393 e. The molecule has 0 aromatic carbocycles. The van der Waals surface area contributed by atoms with Gasteiger partial charge in [0.2, 0.25) is 0 Å². The van der Waals surface area contributed by atoms with E-state index in [-0.39, 0.29) is 18.2 Å². The molecule has 0 aromatic rings. The molecule has 0 aliphatic rings. The molecule has 0 radical (unpaired) electrons. The lowest BCUT2D eigenvalue weighted by Crippen LogP contribution is -2.41. The van der Waals surface area contributed by atoms with Crippen LogP contribution in [0.1, 0.15) is 26.7 Å². The van der Waals surface area contributed by atoms with Gasteiger partial charge in [-0.1, -0.05) is 0 Å². The van der Waals surface area contributed by atoms with Crippen LogP contribution < -0.4 is 10.6 Å². The van der Waals surface area contributed by atoms with E-state index in [2.05, 4.69) is 10.6 Å². The predicted octanol–water partition coefficient (Wildman–Crippen LogP) is 0.481. The van der Waals surface area contributed by atoms with Gasteiger partial charge in [0.05, 0.1) is 6.10 Å². The summed E-state index contributed by atoms with van der Waals surface area (Å²) in [6.45, 7) is 4.74. The molecule has 15 heavy (non-hydrogen) atoms. The summed E-state index contributed by atoms with van der Waals surface area (Å²) in [7, 11) is 1.63. The summed E-state index contributed by atoms with van der Waals surface area (Å²) in [6, 6.07) is -0.101. The fourth-order valence-corrected chi connectivity index (χ4v) is 1.04. The normalized spacial score (nSPS) is 14.4. The van der Waals surface area contributed by atoms with Crippen molar-refractivity contribution >= 4 is 6.03 Å². The average Bonchev–Trinajstić information content (AvgIpc) is 2.14. The Morgan fingerprint density at radius 1 is 1.40 bits per heavy atom. The summed E-state index contributed by atoms with van der Waals surface area (Å²) in [5, 5.41) is 14.4. The number of ether oxygens (including phenoxy) is 1. The van der Waals surface area contributed by atoms with Gasteiger partial charge in [0.15, 0.2) is 0 Å². The van der Waals surface area contributed by atoms with Crippen LogP contribution in [0.5, 0.6) is 0 Å². The molecule has 2 amide bonds. The van der Waals surface area contributed by atoms with Gasteiger partial charge < -0.3 is 20.5 Å². The topological polar surface area (TPSA) is 70.6 Å². The van der Waals surface area contributed by atoms with Gasteiger partial charge in [0, 0.05) is 26.3 Å². The Kier molecular flexibility index (Phi) is 8.04. The minimum absolute atomic E-state index is 0.0940. The molecule has 0 aromatic heterocycles. The summed E-state index contributed by atoms with van der Waals surface area (Å²) >= 11 is 0. The number of hydrogen-bond donors (Lipinski definition) is 3. The van der Waals surface area contributed by atoms with Crippen LogP contribution in [0.4, 0.5) is 4.79 Å². The van der Waals surface area contributed by atoms with E-state index in [4.69, 9.17) is 9.84 Å². The Morgan fingerprint density at radius 3 is 2.60 bits per heavy atom. The number of aliphatic hydroxyl groups excluding tert-OH is 1. The third-order valence-electron chi connectivity index (χ3n) is 1.98. The molecule has 90 valence electrons. The Morgan fingerprint density at radius 2 is 2.07 bits per heavy atom. The smallest absolute Gasteiger partial charge is 0.314 e. The van der Waals surface area contributed by atoms with E-state index in [9.17, 15) is 4.79 Å². The van der Waals surface area contributed by atoms with E-state index in [1.165, 1.54) is 0 Å². The molecule has 0 rings (SSSR count). The third-order valence-corrected chi connectivity index (χ3v) is 1.98. The maximum Gasteiger partial charge on any atom is 0.314 e. The third kappa shape index (κ3) is 9.49. The molecule has 0 heterocycles. The van der Waals surface area contributed by atoms with Gasteiger partial charge in [-0.25, -0.2) is 4.79 Å². The second kappa shape index (κ2) is 8.49. The summed E-state index contributed by atoms with van der Waals surface area (Å²) < 4.78 is 4.90. The van der Waals surface area contributed by atoms with Gasteiger partial charge in [0.25, 0.3) is 0 Å². The zero-order chi connectivity index (χ0) is 11.7. The largest absolute Gasteiger partial charge is 0.393 e. The first-order valence-electron chi connectivity index (χ1n) is 5.27. The van der Waals surface area contributed by atoms with E-state index in [0.717, 1.165) is 6.42 Å². The van der Waals surface area contributed by atoms with Crippen molar-refractivity contribution in [2.45, 2.75) is 38.8 Å². The molecule has 0 fully saturated rings. The lowest BCUT2D eigenvalue weighted by molar-refractivity contribution is 0.179. The molecule has 3 N–H and O–H groups in total. The number of carbonyl (C=O) groups excluding carboxylic acids is 1. The van der Waals surface area contributed by atoms with Crippen molar-refractivity contribution in [3.05, 3.63) is 0 Å². The maximum atomic E-state index is 11.3. The van der Waals surface area contributed by atoms with Gasteiger partial charge in [0.1, 0.15) is 0 Å². The molecule has 0 aliphatic carbocycles. The number of methoxy groups -OCH3 is 1. The van der Waals surface area contributed by atoms with Crippen LogP contribution in [0.25, 0.3) is 0 Å². The molecular weight excluding hydrogens is 196 g/mol. The maximum absolute atomic E-state index is 11.3. The number of hydrogen-bond acceptors (Lipinski definition) is 3. The van der Waals surface area contributed by atoms with Crippen molar-refractivity contribution in [1.82, 2.24) is 10.6 Å². The Balaban J connectivity index is 3.46. The van der Waals surface area contributed by atoms with Crippen molar-refractivity contribution in [2.24, 2.45) is 0 Å². The lowest BCUT2D eigenvalue weighted by atomic mass is 10.2. The molecule has 0 bridgehead atoms. The Hall–Kier alpha value is -0.810. The molecule has 0 saturated carbocycles. The van der Waals surface area contributed by atoms with Crippen molar-refractivity contribution in [3.63, 3.8) is 0 Å². The first kappa shape index (κ1) is 14.2. The van der Waals surface area contributed by atoms with Crippen LogP contribution in [-0.2, 0) is 4.74 Å². The second-order valence-corrected chi connectivity index (χ2v) is 3.72. The van der Waals surface area contributed by atoms with Gasteiger partial charge in [-0.2, -0.15) is 0 Å². The highest BCUT2D eigenvalue weighted by Crippen LogP contribution is 1.91. The minimum atomic E-state index is -0.379. The summed E-state index contributed by atoms with van der Waals surface area (Å²) in [5.41, 5.74) is 0. The summed E-state index contributed by atoms with van der Waals surface area (Å²) in [5.74, 6) is 0. The van der Waals surface area contributed by atoms with E-state index in [1.807, 2.05) is 6.92 Å². The fraction of sp³-hybridized carbons (Fsp3) is 0.900. The second-order valence-electron chi connectivity index (χ2n) is 3.72. The number of urea groups is 1. The van der Waals surface area contributed by atoms with Crippen LogP contribution in [-0.4, -0.2) is 43.5 Å². The number of aliphatic hydroxyl groups is 1. The number of rotatable bonds is 7. The fourth-order valence-electron chi connectivity index (χ4n) is 1.04. The zero-order valence-electron chi connectivity index (χ0n) is 9.75. The highest BCUT2D eigenvalue weighted by molar-refractivity contribution is 5.74. The van der Waals surface area contributed by atoms with Gasteiger partial charge >= 0.3 is 6.03 Å². The molecule has 0 aliphatic heterocycles. The standard InChI is InChI=1S/C10H22N2O3/c1-8(5-7-15-3)12-10(14)11-6-4-9(2)13/h8-9,13H,4-7H2,1-3H3,(H2,11,12,14). The SMILES string of the molecule is COCCC(C)NC(=O)NCCC(C)O. The monoisotopic (exact) mass is 218 g/mol. The molecule has 0 saturated heterocycles. The van der Waals surface area contributed by atoms with Crippen LogP contribution in [0, 0.1) is 0 Å². The molecular formula is C10H22N2O3.